The van der Waals surface area contributed by atoms with Gasteiger partial charge < -0.3 is 19.7 Å². The molecular formula is C19H22N2O3S. The van der Waals surface area contributed by atoms with Crippen LogP contribution in [0.25, 0.3) is 0 Å². The Bertz CT molecular complexity index is 721. The molecule has 3 rings (SSSR count). The minimum absolute atomic E-state index is 0.128. The van der Waals surface area contributed by atoms with Gasteiger partial charge in [0.25, 0.3) is 0 Å². The van der Waals surface area contributed by atoms with E-state index in [4.69, 9.17) is 9.47 Å². The first-order valence-corrected chi connectivity index (χ1v) is 9.38. The second-order valence-corrected chi connectivity index (χ2v) is 6.77. The van der Waals surface area contributed by atoms with Crippen molar-refractivity contribution < 1.29 is 14.3 Å². The predicted molar refractivity (Wildman–Crippen MR) is 99.4 cm³/mol. The molecule has 0 unspecified atom stereocenters. The molecule has 0 aromatic heterocycles. The molecule has 2 aromatic rings. The van der Waals surface area contributed by atoms with E-state index in [9.17, 15) is 4.79 Å². The highest BCUT2D eigenvalue weighted by molar-refractivity contribution is 7.98. The molecule has 132 valence electrons. The number of amides is 2. The molecule has 0 bridgehead atoms. The summed E-state index contributed by atoms with van der Waals surface area (Å²) >= 11 is 1.70. The van der Waals surface area contributed by atoms with Gasteiger partial charge >= 0.3 is 6.03 Å². The molecule has 2 amide bonds. The summed E-state index contributed by atoms with van der Waals surface area (Å²) in [5.41, 5.74) is 1.10. The minimum Gasteiger partial charge on any atom is -0.486 e. The monoisotopic (exact) mass is 358 g/mol. The van der Waals surface area contributed by atoms with Crippen LogP contribution in [0.3, 0.4) is 0 Å². The fourth-order valence-corrected chi connectivity index (χ4v) is 2.98. The summed E-state index contributed by atoms with van der Waals surface area (Å²) in [5.74, 6) is 1.46. The number of thioether (sulfide) groups is 1. The summed E-state index contributed by atoms with van der Waals surface area (Å²) in [4.78, 5) is 15.1. The van der Waals surface area contributed by atoms with Gasteiger partial charge in [0.2, 0.25) is 0 Å². The molecule has 1 aliphatic heterocycles. The number of hydrogen-bond donors (Lipinski definition) is 1. The Labute approximate surface area is 152 Å². The molecule has 0 spiro atoms. The average Bonchev–Trinajstić information content (AvgIpc) is 2.66. The van der Waals surface area contributed by atoms with E-state index in [1.165, 1.54) is 4.90 Å². The molecule has 6 heteroatoms. The molecule has 0 radical (unpaired) electrons. The molecule has 25 heavy (non-hydrogen) atoms. The molecule has 0 fully saturated rings. The minimum atomic E-state index is -0.187. The Kier molecular flexibility index (Phi) is 5.71. The molecule has 5 nitrogen and oxygen atoms in total. The zero-order valence-electron chi connectivity index (χ0n) is 14.4. The van der Waals surface area contributed by atoms with Gasteiger partial charge in [-0.25, -0.2) is 4.79 Å². The first-order valence-electron chi connectivity index (χ1n) is 8.16. The highest BCUT2D eigenvalue weighted by atomic mass is 32.2. The average molecular weight is 358 g/mol. The van der Waals surface area contributed by atoms with Gasteiger partial charge in [-0.15, -0.1) is 11.8 Å². The number of nitrogens with one attached hydrogen (secondary N) is 1. The van der Waals surface area contributed by atoms with Crippen LogP contribution in [0.5, 0.6) is 11.5 Å². The van der Waals surface area contributed by atoms with Gasteiger partial charge in [-0.05, 0) is 36.1 Å². The smallest absolute Gasteiger partial charge is 0.317 e. The lowest BCUT2D eigenvalue weighted by Gasteiger charge is -2.27. The number of para-hydroxylation sites is 2. The molecule has 1 N–H and O–H groups in total. The fourth-order valence-electron chi connectivity index (χ4n) is 2.58. The van der Waals surface area contributed by atoms with Crippen molar-refractivity contribution in [3.63, 3.8) is 0 Å². The third-order valence-corrected chi connectivity index (χ3v) is 4.72. The van der Waals surface area contributed by atoms with Gasteiger partial charge in [0.15, 0.2) is 17.6 Å². The Morgan fingerprint density at radius 1 is 1.20 bits per heavy atom. The molecular weight excluding hydrogens is 336 g/mol. The summed E-state index contributed by atoms with van der Waals surface area (Å²) in [6, 6.07) is 15.6. The summed E-state index contributed by atoms with van der Waals surface area (Å²) in [6.45, 7) is 1.39. The number of carbonyl (C=O) groups excluding carboxylic acids is 1. The lowest BCUT2D eigenvalue weighted by Crippen LogP contribution is -2.44. The first-order chi connectivity index (χ1) is 12.2. The third kappa shape index (κ3) is 4.60. The number of fused-ring (bicyclic) bond motifs is 1. The van der Waals surface area contributed by atoms with E-state index in [1.54, 1.807) is 23.7 Å². The number of urea groups is 1. The van der Waals surface area contributed by atoms with Crippen LogP contribution in [0, 0.1) is 0 Å². The van der Waals surface area contributed by atoms with Crippen molar-refractivity contribution in [3.05, 3.63) is 54.1 Å². The van der Waals surface area contributed by atoms with Crippen LogP contribution >= 0.6 is 11.8 Å². The quantitative estimate of drug-likeness (QED) is 0.833. The summed E-state index contributed by atoms with van der Waals surface area (Å²) in [6.07, 6.45) is 1.86. The Morgan fingerprint density at radius 2 is 1.92 bits per heavy atom. The molecule has 1 heterocycles. The van der Waals surface area contributed by atoms with Crippen molar-refractivity contribution in [2.75, 3.05) is 26.5 Å². The number of carbonyl (C=O) groups is 1. The van der Waals surface area contributed by atoms with Crippen LogP contribution in [-0.4, -0.2) is 43.5 Å². The first kappa shape index (κ1) is 17.5. The fraction of sp³-hybridized carbons (Fsp3) is 0.316. The van der Waals surface area contributed by atoms with E-state index in [0.717, 1.165) is 17.1 Å². The molecule has 0 saturated carbocycles. The lowest BCUT2D eigenvalue weighted by molar-refractivity contribution is 0.0904. The van der Waals surface area contributed by atoms with E-state index in [-0.39, 0.29) is 12.1 Å². The lowest BCUT2D eigenvalue weighted by atomic mass is 10.2. The molecule has 0 saturated heterocycles. The molecule has 2 aromatic carbocycles. The van der Waals surface area contributed by atoms with E-state index in [0.29, 0.717) is 19.7 Å². The van der Waals surface area contributed by atoms with Crippen molar-refractivity contribution in [1.29, 1.82) is 0 Å². The van der Waals surface area contributed by atoms with Gasteiger partial charge in [-0.1, -0.05) is 24.3 Å². The van der Waals surface area contributed by atoms with E-state index in [2.05, 4.69) is 17.4 Å². The van der Waals surface area contributed by atoms with Crippen LogP contribution in [0.1, 0.15) is 5.56 Å². The Morgan fingerprint density at radius 3 is 2.64 bits per heavy atom. The number of nitrogens with zero attached hydrogens (tertiary/aromatic N) is 1. The second-order valence-electron chi connectivity index (χ2n) is 5.89. The molecule has 1 atom stereocenters. The van der Waals surface area contributed by atoms with Crippen LogP contribution in [0.4, 0.5) is 4.79 Å². The van der Waals surface area contributed by atoms with Crippen molar-refractivity contribution in [1.82, 2.24) is 10.2 Å². The summed E-state index contributed by atoms with van der Waals surface area (Å²) in [5, 5.41) is 2.90. The Balaban J connectivity index is 1.47. The topological polar surface area (TPSA) is 50.8 Å². The van der Waals surface area contributed by atoms with Crippen LogP contribution in [-0.2, 0) is 6.54 Å². The normalized spacial score (nSPS) is 15.5. The number of benzene rings is 2. The number of rotatable bonds is 5. The van der Waals surface area contributed by atoms with Gasteiger partial charge in [-0.3, -0.25) is 0 Å². The highest BCUT2D eigenvalue weighted by Gasteiger charge is 2.21. The van der Waals surface area contributed by atoms with Crippen LogP contribution in [0.15, 0.2) is 53.4 Å². The predicted octanol–water partition coefficient (Wildman–Crippen LogP) is 3.39. The van der Waals surface area contributed by atoms with Crippen molar-refractivity contribution in [2.45, 2.75) is 17.5 Å². The largest absolute Gasteiger partial charge is 0.486 e. The van der Waals surface area contributed by atoms with Gasteiger partial charge in [0.05, 0.1) is 6.54 Å². The zero-order chi connectivity index (χ0) is 17.6. The second kappa shape index (κ2) is 8.16. The molecule has 1 aliphatic rings. The maximum atomic E-state index is 12.3. The summed E-state index contributed by atoms with van der Waals surface area (Å²) < 4.78 is 11.5. The van der Waals surface area contributed by atoms with E-state index >= 15 is 0 Å². The van der Waals surface area contributed by atoms with Gasteiger partial charge in [-0.2, -0.15) is 0 Å². The highest BCUT2D eigenvalue weighted by Crippen LogP contribution is 2.30. The van der Waals surface area contributed by atoms with Crippen LogP contribution in [0.2, 0.25) is 0 Å². The van der Waals surface area contributed by atoms with Crippen molar-refractivity contribution in [2.24, 2.45) is 0 Å². The maximum absolute atomic E-state index is 12.3. The van der Waals surface area contributed by atoms with Crippen molar-refractivity contribution in [3.8, 4) is 11.5 Å². The third-order valence-electron chi connectivity index (χ3n) is 3.97. The van der Waals surface area contributed by atoms with E-state index in [1.807, 2.05) is 42.7 Å². The van der Waals surface area contributed by atoms with Crippen LogP contribution < -0.4 is 14.8 Å². The maximum Gasteiger partial charge on any atom is 0.317 e. The molecule has 0 aliphatic carbocycles. The van der Waals surface area contributed by atoms with Crippen molar-refractivity contribution >= 4 is 17.8 Å². The standard InChI is InChI=1S/C19H22N2O3S/c1-21(12-14-7-9-16(25-2)10-8-14)19(22)20-11-15-13-23-17-5-3-4-6-18(17)24-15/h3-10,15H,11-13H2,1-2H3,(H,20,22)/t15-/m1/s1. The van der Waals surface area contributed by atoms with Gasteiger partial charge in [0.1, 0.15) is 6.61 Å². The zero-order valence-corrected chi connectivity index (χ0v) is 15.2. The van der Waals surface area contributed by atoms with Gasteiger partial charge in [0, 0.05) is 18.5 Å². The Hall–Kier alpha value is -2.34. The summed E-state index contributed by atoms with van der Waals surface area (Å²) in [7, 11) is 1.78. The SMILES string of the molecule is CSc1ccc(CN(C)C(=O)NC[C@@H]2COc3ccccc3O2)cc1. The number of hydrogen-bond acceptors (Lipinski definition) is 4. The number of ether oxygens (including phenoxy) is 2. The van der Waals surface area contributed by atoms with E-state index < -0.39 is 0 Å².